The van der Waals surface area contributed by atoms with Crippen molar-refractivity contribution >= 4 is 8.32 Å². The number of allylic oxidation sites excluding steroid dienone is 1. The fourth-order valence-electron chi connectivity index (χ4n) is 5.71. The number of ether oxygens (including phenoxy) is 5. The normalized spacial score (nSPS) is 17.0. The lowest BCUT2D eigenvalue weighted by atomic mass is 9.86. The maximum atomic E-state index is 11.8. The first-order valence-corrected chi connectivity index (χ1v) is 20.6. The van der Waals surface area contributed by atoms with E-state index in [9.17, 15) is 5.11 Å². The average Bonchev–Trinajstić information content (AvgIpc) is 3.07. The fourth-order valence-corrected chi connectivity index (χ4v) is 6.77. The monoisotopic (exact) mass is 698 g/mol. The Labute approximate surface area is 299 Å². The quantitative estimate of drug-likeness (QED) is 0.0970. The van der Waals surface area contributed by atoms with Crippen LogP contribution >= 0.6 is 0 Å². The van der Waals surface area contributed by atoms with Crippen molar-refractivity contribution in [1.29, 1.82) is 0 Å². The molecule has 276 valence electrons. The topological polar surface area (TPSA) is 75.6 Å². The zero-order valence-electron chi connectivity index (χ0n) is 32.5. The summed E-state index contributed by atoms with van der Waals surface area (Å²) in [6, 6.07) is 15.8. The molecule has 0 bridgehead atoms. The van der Waals surface area contributed by atoms with E-state index in [0.29, 0.717) is 25.7 Å². The largest absolute Gasteiger partial charge is 0.497 e. The van der Waals surface area contributed by atoms with Crippen LogP contribution in [0.3, 0.4) is 0 Å². The van der Waals surface area contributed by atoms with Crippen molar-refractivity contribution < 1.29 is 33.2 Å². The van der Waals surface area contributed by atoms with Crippen LogP contribution in [0.1, 0.15) is 72.4 Å². The summed E-state index contributed by atoms with van der Waals surface area (Å²) in [6.07, 6.45) is 3.75. The molecule has 0 fully saturated rings. The minimum atomic E-state index is -1.92. The standard InChI is InChI=1S/C41H66O7Si/c1-14-29(2)25-32(5)39(47-28-34-17-21-36(44-10)22-18-34)40(45-11)38(42)31(4)26-30(3)37(23-24-48-49(12,13)41(6,7)8)46-27-33-15-19-35(43-9)20-16-33/h14-22,26,29-30,32,37-40,42H,1,23-25,27-28H2,2-13H3/b31-26+/t29-,30-,32-,37+,38-,39-,40-/m1/s1. The van der Waals surface area contributed by atoms with E-state index in [2.05, 4.69) is 67.3 Å². The molecule has 7 nitrogen and oxygen atoms in total. The van der Waals surface area contributed by atoms with Crippen LogP contribution in [0.2, 0.25) is 18.1 Å². The van der Waals surface area contributed by atoms with Gasteiger partial charge in [0.1, 0.15) is 23.7 Å². The van der Waals surface area contributed by atoms with Crippen LogP contribution in [0, 0.1) is 17.8 Å². The second kappa shape index (κ2) is 20.4. The van der Waals surface area contributed by atoms with E-state index >= 15 is 0 Å². The highest BCUT2D eigenvalue weighted by Gasteiger charge is 2.38. The maximum Gasteiger partial charge on any atom is 0.191 e. The van der Waals surface area contributed by atoms with Gasteiger partial charge in [-0.15, -0.1) is 6.58 Å². The molecule has 0 saturated carbocycles. The SMILES string of the molecule is C=C[C@@H](C)C[C@@H](C)[C@@H](OCc1ccc(OC)cc1)[C@H](OC)[C@H](O)/C(C)=C/[C@@H](C)[C@H](CCO[Si](C)(C)C(C)(C)C)OCc1ccc(OC)cc1. The molecule has 0 radical (unpaired) electrons. The van der Waals surface area contributed by atoms with E-state index in [-0.39, 0.29) is 29.1 Å². The van der Waals surface area contributed by atoms with Gasteiger partial charge in [0.15, 0.2) is 8.32 Å². The minimum Gasteiger partial charge on any atom is -0.497 e. The number of benzene rings is 2. The second-order valence-corrected chi connectivity index (χ2v) is 19.9. The molecule has 2 aromatic carbocycles. The Morgan fingerprint density at radius 2 is 1.35 bits per heavy atom. The second-order valence-electron chi connectivity index (χ2n) is 15.1. The molecular weight excluding hydrogens is 633 g/mol. The molecule has 0 aliphatic heterocycles. The lowest BCUT2D eigenvalue weighted by Crippen LogP contribution is -2.45. The Balaban J connectivity index is 2.29. The summed E-state index contributed by atoms with van der Waals surface area (Å²) in [4.78, 5) is 0. The number of rotatable bonds is 22. The van der Waals surface area contributed by atoms with Gasteiger partial charge < -0.3 is 33.2 Å². The van der Waals surface area contributed by atoms with Crippen LogP contribution < -0.4 is 9.47 Å². The van der Waals surface area contributed by atoms with Crippen molar-refractivity contribution in [3.05, 3.63) is 84.0 Å². The van der Waals surface area contributed by atoms with E-state index in [1.165, 1.54) is 0 Å². The number of aliphatic hydroxyl groups is 1. The lowest BCUT2D eigenvalue weighted by Gasteiger charge is -2.37. The van der Waals surface area contributed by atoms with Crippen molar-refractivity contribution in [2.75, 3.05) is 27.9 Å². The molecular formula is C41H66O7Si. The van der Waals surface area contributed by atoms with Gasteiger partial charge in [-0.05, 0) is 90.7 Å². The molecule has 2 rings (SSSR count). The van der Waals surface area contributed by atoms with Crippen molar-refractivity contribution in [2.45, 2.75) is 117 Å². The van der Waals surface area contributed by atoms with Gasteiger partial charge in [0.25, 0.3) is 0 Å². The van der Waals surface area contributed by atoms with Gasteiger partial charge >= 0.3 is 0 Å². The molecule has 0 unspecified atom stereocenters. The van der Waals surface area contributed by atoms with Crippen molar-refractivity contribution in [1.82, 2.24) is 0 Å². The van der Waals surface area contributed by atoms with Gasteiger partial charge in [0, 0.05) is 19.6 Å². The van der Waals surface area contributed by atoms with Crippen molar-refractivity contribution in [3.63, 3.8) is 0 Å². The predicted molar refractivity (Wildman–Crippen MR) is 204 cm³/mol. The summed E-state index contributed by atoms with van der Waals surface area (Å²) in [7, 11) is 3.06. The highest BCUT2D eigenvalue weighted by molar-refractivity contribution is 6.74. The molecule has 0 saturated heterocycles. The van der Waals surface area contributed by atoms with E-state index < -0.39 is 20.5 Å². The number of hydrogen-bond donors (Lipinski definition) is 1. The first-order valence-electron chi connectivity index (χ1n) is 17.7. The molecule has 0 heterocycles. The Bertz CT molecular complexity index is 1250. The minimum absolute atomic E-state index is 0.00491. The zero-order chi connectivity index (χ0) is 36.8. The molecule has 0 aliphatic carbocycles. The summed E-state index contributed by atoms with van der Waals surface area (Å²) in [5, 5.41) is 12.0. The van der Waals surface area contributed by atoms with Crippen LogP contribution in [0.15, 0.2) is 72.8 Å². The molecule has 0 aromatic heterocycles. The highest BCUT2D eigenvalue weighted by Crippen LogP contribution is 2.37. The first-order chi connectivity index (χ1) is 23.1. The van der Waals surface area contributed by atoms with Crippen LogP contribution in [-0.4, -0.2) is 65.8 Å². The molecule has 0 spiro atoms. The van der Waals surface area contributed by atoms with E-state index in [4.69, 9.17) is 28.1 Å². The average molecular weight is 699 g/mol. The fraction of sp³-hybridized carbons (Fsp3) is 0.610. The maximum absolute atomic E-state index is 11.8. The molecule has 7 atom stereocenters. The summed E-state index contributed by atoms with van der Waals surface area (Å²) in [5.74, 6) is 2.02. The third-order valence-corrected chi connectivity index (χ3v) is 14.6. The van der Waals surface area contributed by atoms with E-state index in [1.54, 1.807) is 21.3 Å². The summed E-state index contributed by atoms with van der Waals surface area (Å²) in [6.45, 7) is 25.2. The van der Waals surface area contributed by atoms with Gasteiger partial charge in [0.2, 0.25) is 0 Å². The summed E-state index contributed by atoms with van der Waals surface area (Å²) >= 11 is 0. The number of aliphatic hydroxyl groups excluding tert-OH is 1. The molecule has 2 aromatic rings. The molecule has 49 heavy (non-hydrogen) atoms. The van der Waals surface area contributed by atoms with Gasteiger partial charge in [-0.3, -0.25) is 0 Å². The first kappa shape index (κ1) is 42.7. The molecule has 1 N–H and O–H groups in total. The zero-order valence-corrected chi connectivity index (χ0v) is 33.5. The lowest BCUT2D eigenvalue weighted by molar-refractivity contribution is -0.124. The summed E-state index contributed by atoms with van der Waals surface area (Å²) in [5.41, 5.74) is 2.92. The third kappa shape index (κ3) is 13.6. The van der Waals surface area contributed by atoms with Crippen molar-refractivity contribution in [2.24, 2.45) is 17.8 Å². The van der Waals surface area contributed by atoms with Gasteiger partial charge in [0.05, 0.1) is 39.6 Å². The van der Waals surface area contributed by atoms with Crippen LogP contribution in [0.25, 0.3) is 0 Å². The Hall–Kier alpha value is -2.46. The van der Waals surface area contributed by atoms with Crippen LogP contribution in [0.4, 0.5) is 0 Å². The smallest absolute Gasteiger partial charge is 0.191 e. The summed E-state index contributed by atoms with van der Waals surface area (Å²) < 4.78 is 36.4. The van der Waals surface area contributed by atoms with Gasteiger partial charge in [-0.25, -0.2) is 0 Å². The van der Waals surface area contributed by atoms with Crippen LogP contribution in [-0.2, 0) is 31.9 Å². The van der Waals surface area contributed by atoms with Crippen molar-refractivity contribution in [3.8, 4) is 11.5 Å². The molecule has 0 amide bonds. The highest BCUT2D eigenvalue weighted by atomic mass is 28.4. The molecule has 0 aliphatic rings. The number of hydrogen-bond acceptors (Lipinski definition) is 7. The predicted octanol–water partition coefficient (Wildman–Crippen LogP) is 9.39. The Kier molecular flexibility index (Phi) is 17.8. The van der Waals surface area contributed by atoms with E-state index in [0.717, 1.165) is 41.0 Å². The van der Waals surface area contributed by atoms with E-state index in [1.807, 2.05) is 61.5 Å². The Morgan fingerprint density at radius 3 is 1.80 bits per heavy atom. The van der Waals surface area contributed by atoms with Gasteiger partial charge in [-0.2, -0.15) is 0 Å². The van der Waals surface area contributed by atoms with Crippen LogP contribution in [0.5, 0.6) is 11.5 Å². The molecule has 8 heteroatoms. The number of methoxy groups -OCH3 is 3. The Morgan fingerprint density at radius 1 is 0.837 bits per heavy atom. The van der Waals surface area contributed by atoms with Gasteiger partial charge in [-0.1, -0.05) is 78.0 Å². The third-order valence-electron chi connectivity index (χ3n) is 10.1.